The first-order chi connectivity index (χ1) is 10.3. The van der Waals surface area contributed by atoms with Crippen molar-refractivity contribution in [2.24, 2.45) is 5.73 Å². The molecule has 0 bridgehead atoms. The molecule has 2 N–H and O–H groups in total. The van der Waals surface area contributed by atoms with E-state index in [2.05, 4.69) is 4.90 Å². The lowest BCUT2D eigenvalue weighted by Gasteiger charge is -2.35. The third kappa shape index (κ3) is 3.96. The zero-order valence-electron chi connectivity index (χ0n) is 12.9. The fourth-order valence-electron chi connectivity index (χ4n) is 2.89. The van der Waals surface area contributed by atoms with E-state index in [4.69, 9.17) is 5.73 Å². The Balaban J connectivity index is 1.88. The number of rotatable bonds is 3. The fraction of sp³-hybridized carbons (Fsp3) is 0.846. The number of nitrogens with two attached hydrogens (primary N) is 1. The maximum Gasteiger partial charge on any atom is 0.312 e. The second-order valence-corrected chi connectivity index (χ2v) is 8.12. The summed E-state index contributed by atoms with van der Waals surface area (Å²) in [7, 11) is -1.57. The predicted octanol–water partition coefficient (Wildman–Crippen LogP) is -2.27. The summed E-state index contributed by atoms with van der Waals surface area (Å²) in [6.45, 7) is 3.78. The van der Waals surface area contributed by atoms with E-state index in [0.717, 1.165) is 6.54 Å². The van der Waals surface area contributed by atoms with Gasteiger partial charge in [-0.2, -0.15) is 0 Å². The molecule has 0 saturated carbocycles. The Labute approximate surface area is 131 Å². The average Bonchev–Trinajstić information content (AvgIpc) is 2.86. The minimum absolute atomic E-state index is 0.0488. The van der Waals surface area contributed by atoms with Crippen molar-refractivity contribution in [3.8, 4) is 0 Å². The van der Waals surface area contributed by atoms with Gasteiger partial charge in [0.2, 0.25) is 0 Å². The number of hydrogen-bond acceptors (Lipinski definition) is 6. The Morgan fingerprint density at radius 3 is 2.36 bits per heavy atom. The zero-order chi connectivity index (χ0) is 16.3. The van der Waals surface area contributed by atoms with Gasteiger partial charge in [-0.3, -0.25) is 14.5 Å². The van der Waals surface area contributed by atoms with E-state index in [-0.39, 0.29) is 17.5 Å². The summed E-state index contributed by atoms with van der Waals surface area (Å²) in [5, 5.41) is 0. The normalized spacial score (nSPS) is 25.2. The first kappa shape index (κ1) is 17.2. The van der Waals surface area contributed by atoms with Crippen LogP contribution >= 0.6 is 0 Å². The van der Waals surface area contributed by atoms with Gasteiger partial charge >= 0.3 is 11.8 Å². The highest BCUT2D eigenvalue weighted by Crippen LogP contribution is 2.17. The van der Waals surface area contributed by atoms with Gasteiger partial charge in [0.1, 0.15) is 0 Å². The monoisotopic (exact) mass is 332 g/mol. The Bertz CT molecular complexity index is 528. The van der Waals surface area contributed by atoms with Gasteiger partial charge in [-0.05, 0) is 6.42 Å². The van der Waals surface area contributed by atoms with E-state index in [0.29, 0.717) is 39.1 Å². The molecule has 8 nitrogen and oxygen atoms in total. The number of carbonyl (C=O) groups is 2. The molecular formula is C13H24N4O4S. The molecule has 2 aliphatic heterocycles. The maximum absolute atomic E-state index is 12.3. The Kier molecular flexibility index (Phi) is 5.41. The molecule has 0 radical (unpaired) electrons. The smallest absolute Gasteiger partial charge is 0.312 e. The van der Waals surface area contributed by atoms with Crippen LogP contribution in [0.3, 0.4) is 0 Å². The van der Waals surface area contributed by atoms with Crippen LogP contribution in [0.15, 0.2) is 0 Å². The van der Waals surface area contributed by atoms with Gasteiger partial charge in [0, 0.05) is 52.4 Å². The summed E-state index contributed by atoms with van der Waals surface area (Å²) in [6.07, 6.45) is 0.405. The predicted molar refractivity (Wildman–Crippen MR) is 81.9 cm³/mol. The van der Waals surface area contributed by atoms with Gasteiger partial charge in [-0.1, -0.05) is 0 Å². The Hall–Kier alpha value is -1.19. The summed E-state index contributed by atoms with van der Waals surface area (Å²) in [5.74, 6) is -1.12. The molecule has 1 unspecified atom stereocenters. The standard InChI is InChI=1S/C13H24N4O4S/c1-15(11-2-9-22(20,21)10-11)12(18)13(19)17-7-5-16(4-3-14)6-8-17/h11H,2-10,14H2,1H3. The number of sulfone groups is 1. The molecule has 2 aliphatic rings. The van der Waals surface area contributed by atoms with E-state index in [9.17, 15) is 18.0 Å². The molecule has 2 rings (SSSR count). The number of nitrogens with zero attached hydrogens (tertiary/aromatic N) is 3. The van der Waals surface area contributed by atoms with Crippen LogP contribution in [0.1, 0.15) is 6.42 Å². The van der Waals surface area contributed by atoms with Crippen LogP contribution in [0.25, 0.3) is 0 Å². The number of hydrogen-bond donors (Lipinski definition) is 1. The lowest BCUT2D eigenvalue weighted by Crippen LogP contribution is -2.54. The molecule has 0 aromatic rings. The fourth-order valence-corrected chi connectivity index (χ4v) is 4.66. The van der Waals surface area contributed by atoms with Crippen molar-refractivity contribution < 1.29 is 18.0 Å². The largest absolute Gasteiger partial charge is 0.333 e. The van der Waals surface area contributed by atoms with Crippen molar-refractivity contribution in [1.82, 2.24) is 14.7 Å². The van der Waals surface area contributed by atoms with Crippen molar-refractivity contribution in [3.63, 3.8) is 0 Å². The van der Waals surface area contributed by atoms with Crippen LogP contribution < -0.4 is 5.73 Å². The molecule has 2 heterocycles. The van der Waals surface area contributed by atoms with E-state index in [1.807, 2.05) is 0 Å². The molecule has 9 heteroatoms. The Morgan fingerprint density at radius 2 is 1.86 bits per heavy atom. The molecule has 2 saturated heterocycles. The highest BCUT2D eigenvalue weighted by molar-refractivity contribution is 7.91. The van der Waals surface area contributed by atoms with Crippen LogP contribution in [0, 0.1) is 0 Å². The van der Waals surface area contributed by atoms with Crippen LogP contribution in [0.4, 0.5) is 0 Å². The highest BCUT2D eigenvalue weighted by atomic mass is 32.2. The van der Waals surface area contributed by atoms with Crippen molar-refractivity contribution in [2.75, 3.05) is 57.8 Å². The third-order valence-corrected chi connectivity index (χ3v) is 6.11. The molecule has 126 valence electrons. The van der Waals surface area contributed by atoms with Gasteiger partial charge in [-0.15, -0.1) is 0 Å². The molecule has 0 aromatic heterocycles. The van der Waals surface area contributed by atoms with E-state index >= 15 is 0 Å². The van der Waals surface area contributed by atoms with Crippen LogP contribution in [0.5, 0.6) is 0 Å². The molecule has 2 fully saturated rings. The van der Waals surface area contributed by atoms with Gasteiger partial charge < -0.3 is 15.5 Å². The average molecular weight is 332 g/mol. The minimum atomic E-state index is -3.08. The molecule has 2 amide bonds. The summed E-state index contributed by atoms with van der Waals surface area (Å²) in [5.41, 5.74) is 5.50. The first-order valence-electron chi connectivity index (χ1n) is 7.53. The maximum atomic E-state index is 12.3. The first-order valence-corrected chi connectivity index (χ1v) is 9.35. The van der Waals surface area contributed by atoms with E-state index in [1.165, 1.54) is 16.8 Å². The second kappa shape index (κ2) is 6.93. The topological polar surface area (TPSA) is 104 Å². The lowest BCUT2D eigenvalue weighted by atomic mass is 10.2. The lowest BCUT2D eigenvalue weighted by molar-refractivity contribution is -0.153. The van der Waals surface area contributed by atoms with Crippen LogP contribution in [-0.4, -0.2) is 98.8 Å². The van der Waals surface area contributed by atoms with Gasteiger partial charge in [0.05, 0.1) is 11.5 Å². The molecule has 0 spiro atoms. The van der Waals surface area contributed by atoms with Gasteiger partial charge in [-0.25, -0.2) is 8.42 Å². The summed E-state index contributed by atoms with van der Waals surface area (Å²) >= 11 is 0. The minimum Gasteiger partial charge on any atom is -0.333 e. The molecular weight excluding hydrogens is 308 g/mol. The summed E-state index contributed by atoms with van der Waals surface area (Å²) in [6, 6.07) is -0.389. The van der Waals surface area contributed by atoms with Crippen molar-refractivity contribution in [3.05, 3.63) is 0 Å². The molecule has 0 aliphatic carbocycles. The van der Waals surface area contributed by atoms with Crippen molar-refractivity contribution >= 4 is 21.7 Å². The molecule has 0 aromatic carbocycles. The van der Waals surface area contributed by atoms with Crippen molar-refractivity contribution in [2.45, 2.75) is 12.5 Å². The number of amides is 2. The summed E-state index contributed by atoms with van der Waals surface area (Å²) in [4.78, 5) is 29.5. The van der Waals surface area contributed by atoms with Gasteiger partial charge in [0.15, 0.2) is 9.84 Å². The zero-order valence-corrected chi connectivity index (χ0v) is 13.7. The van der Waals surface area contributed by atoms with E-state index in [1.54, 1.807) is 0 Å². The molecule has 22 heavy (non-hydrogen) atoms. The SMILES string of the molecule is CN(C(=O)C(=O)N1CCN(CCN)CC1)C1CCS(=O)(=O)C1. The van der Waals surface area contributed by atoms with Crippen molar-refractivity contribution in [1.29, 1.82) is 0 Å². The van der Waals surface area contributed by atoms with Gasteiger partial charge in [0.25, 0.3) is 0 Å². The summed E-state index contributed by atoms with van der Waals surface area (Å²) < 4.78 is 23.0. The highest BCUT2D eigenvalue weighted by Gasteiger charge is 2.36. The number of piperazine rings is 1. The quantitative estimate of drug-likeness (QED) is 0.585. The van der Waals surface area contributed by atoms with Crippen LogP contribution in [-0.2, 0) is 19.4 Å². The Morgan fingerprint density at radius 1 is 1.23 bits per heavy atom. The molecule has 1 atom stereocenters. The van der Waals surface area contributed by atoms with E-state index < -0.39 is 21.7 Å². The second-order valence-electron chi connectivity index (χ2n) is 5.90. The third-order valence-electron chi connectivity index (χ3n) is 4.36. The number of likely N-dealkylation sites (N-methyl/N-ethyl adjacent to an activating group) is 1. The van der Waals surface area contributed by atoms with Crippen LogP contribution in [0.2, 0.25) is 0 Å². The number of carbonyl (C=O) groups excluding carboxylic acids is 2.